The van der Waals surface area contributed by atoms with Crippen molar-refractivity contribution in [3.05, 3.63) is 46.4 Å². The minimum absolute atomic E-state index is 0.182. The van der Waals surface area contributed by atoms with E-state index in [2.05, 4.69) is 21.0 Å². The van der Waals surface area contributed by atoms with Crippen molar-refractivity contribution in [2.45, 2.75) is 57.7 Å². The molecule has 0 N–H and O–H groups in total. The lowest BCUT2D eigenvalue weighted by molar-refractivity contribution is -0.134. The molecule has 0 unspecified atom stereocenters. The number of carbonyl (C=O) groups excluding carboxylic acids is 1. The number of aryl methyl sites for hydroxylation is 1. The summed E-state index contributed by atoms with van der Waals surface area (Å²) < 4.78 is 3.78. The highest BCUT2D eigenvalue weighted by Crippen LogP contribution is 2.35. The van der Waals surface area contributed by atoms with Gasteiger partial charge in [-0.1, -0.05) is 6.07 Å². The van der Waals surface area contributed by atoms with Crippen molar-refractivity contribution >= 4 is 5.91 Å². The Morgan fingerprint density at radius 1 is 1.13 bits per heavy atom. The summed E-state index contributed by atoms with van der Waals surface area (Å²) in [7, 11) is 0. The maximum Gasteiger partial charge on any atom is 0.255 e. The van der Waals surface area contributed by atoms with Crippen LogP contribution in [-0.4, -0.2) is 61.2 Å². The van der Waals surface area contributed by atoms with E-state index in [1.54, 1.807) is 11.0 Å². The second kappa shape index (κ2) is 8.34. The molecule has 0 aliphatic carbocycles. The van der Waals surface area contributed by atoms with Crippen LogP contribution >= 0.6 is 0 Å². The molecule has 5 heterocycles. The summed E-state index contributed by atoms with van der Waals surface area (Å²) in [6.07, 6.45) is 8.04. The number of aromatic nitrogens is 4. The van der Waals surface area contributed by atoms with Crippen molar-refractivity contribution in [2.75, 3.05) is 26.2 Å². The molecule has 1 amide bonds. The van der Waals surface area contributed by atoms with E-state index >= 15 is 0 Å². The van der Waals surface area contributed by atoms with Crippen molar-refractivity contribution < 1.29 is 4.79 Å². The Bertz CT molecular complexity index is 947. The molecular formula is C22H30N6O2. The molecule has 3 aliphatic heterocycles. The summed E-state index contributed by atoms with van der Waals surface area (Å²) in [6, 6.07) is 4.18. The number of amides is 1. The molecule has 8 nitrogen and oxygen atoms in total. The van der Waals surface area contributed by atoms with Crippen LogP contribution in [0.4, 0.5) is 0 Å². The van der Waals surface area contributed by atoms with E-state index in [0.29, 0.717) is 18.9 Å². The summed E-state index contributed by atoms with van der Waals surface area (Å²) in [5.41, 5.74) is 2.21. The van der Waals surface area contributed by atoms with Crippen LogP contribution in [0.3, 0.4) is 0 Å². The molecule has 0 spiro atoms. The molecule has 5 rings (SSSR count). The van der Waals surface area contributed by atoms with Crippen LogP contribution < -0.4 is 5.56 Å². The second-order valence-electron chi connectivity index (χ2n) is 9.04. The molecule has 2 bridgehead atoms. The highest BCUT2D eigenvalue weighted by atomic mass is 16.2. The molecule has 3 aliphatic rings. The molecule has 30 heavy (non-hydrogen) atoms. The molecule has 0 radical (unpaired) electrons. The van der Waals surface area contributed by atoms with E-state index < -0.39 is 0 Å². The predicted molar refractivity (Wildman–Crippen MR) is 112 cm³/mol. The Kier molecular flexibility index (Phi) is 5.41. The third kappa shape index (κ3) is 3.93. The molecule has 2 fully saturated rings. The van der Waals surface area contributed by atoms with Crippen molar-refractivity contribution in [1.82, 2.24) is 29.1 Å². The lowest BCUT2D eigenvalue weighted by Crippen LogP contribution is -2.49. The molecule has 2 aromatic rings. The topological polar surface area (TPSA) is 76.3 Å². The fraction of sp³-hybridized carbons (Fsp3) is 0.636. The van der Waals surface area contributed by atoms with Crippen molar-refractivity contribution in [3.63, 3.8) is 0 Å². The zero-order valence-corrected chi connectivity index (χ0v) is 17.4. The van der Waals surface area contributed by atoms with Gasteiger partial charge in [-0.05, 0) is 50.8 Å². The maximum atomic E-state index is 13.1. The standard InChI is InChI=1S/C22H30N6O2/c29-21(4-3-9-27-16-23-15-24-27)26-11-17-10-19(14-26)20-6-5-18(22(30)28(20)12-17)13-25-7-1-2-8-25/h5-6,15-17,19H,1-4,7-14H2/t17-,19+/m0/s1. The first-order valence-electron chi connectivity index (χ1n) is 11.2. The highest BCUT2D eigenvalue weighted by Gasteiger charge is 2.36. The van der Waals surface area contributed by atoms with Gasteiger partial charge in [-0.2, -0.15) is 5.10 Å². The maximum absolute atomic E-state index is 13.1. The monoisotopic (exact) mass is 410 g/mol. The Labute approximate surface area is 176 Å². The van der Waals surface area contributed by atoms with Gasteiger partial charge < -0.3 is 9.47 Å². The van der Waals surface area contributed by atoms with Gasteiger partial charge in [-0.15, -0.1) is 0 Å². The van der Waals surface area contributed by atoms with Gasteiger partial charge in [-0.3, -0.25) is 19.2 Å². The van der Waals surface area contributed by atoms with E-state index in [1.165, 1.54) is 19.2 Å². The summed E-state index contributed by atoms with van der Waals surface area (Å²) in [5.74, 6) is 0.854. The van der Waals surface area contributed by atoms with E-state index in [4.69, 9.17) is 0 Å². The van der Waals surface area contributed by atoms with Crippen LogP contribution in [0.2, 0.25) is 0 Å². The van der Waals surface area contributed by atoms with E-state index in [1.807, 2.05) is 15.5 Å². The summed E-state index contributed by atoms with van der Waals surface area (Å²) in [6.45, 7) is 5.90. The number of hydrogen-bond donors (Lipinski definition) is 0. The third-order valence-corrected chi connectivity index (χ3v) is 6.87. The normalized spacial score (nSPS) is 23.5. The molecule has 0 aromatic carbocycles. The number of pyridine rings is 1. The lowest BCUT2D eigenvalue weighted by atomic mass is 9.82. The van der Waals surface area contributed by atoms with Gasteiger partial charge in [0.15, 0.2) is 0 Å². The lowest BCUT2D eigenvalue weighted by Gasteiger charge is -2.43. The minimum atomic E-state index is 0.182. The SMILES string of the molecule is O=C(CCCn1cncn1)N1C[C@@H]2C[C@H](C1)c1ccc(CN3CCCC3)c(=O)n1C2. The average Bonchev–Trinajstić information content (AvgIpc) is 3.44. The Hall–Kier alpha value is -2.48. The summed E-state index contributed by atoms with van der Waals surface area (Å²) in [5, 5.41) is 4.09. The van der Waals surface area contributed by atoms with E-state index in [-0.39, 0.29) is 17.4 Å². The van der Waals surface area contributed by atoms with Crippen molar-refractivity contribution in [2.24, 2.45) is 5.92 Å². The predicted octanol–water partition coefficient (Wildman–Crippen LogP) is 1.46. The average molecular weight is 411 g/mol. The number of hydrogen-bond acceptors (Lipinski definition) is 5. The molecule has 2 atom stereocenters. The Morgan fingerprint density at radius 2 is 2.00 bits per heavy atom. The van der Waals surface area contributed by atoms with Gasteiger partial charge >= 0.3 is 0 Å². The number of rotatable bonds is 6. The second-order valence-corrected chi connectivity index (χ2v) is 9.04. The third-order valence-electron chi connectivity index (χ3n) is 6.87. The van der Waals surface area contributed by atoms with Crippen molar-refractivity contribution in [1.29, 1.82) is 0 Å². The molecule has 160 valence electrons. The number of carbonyl (C=O) groups is 1. The fourth-order valence-electron chi connectivity index (χ4n) is 5.40. The first-order valence-corrected chi connectivity index (χ1v) is 11.2. The molecular weight excluding hydrogens is 380 g/mol. The minimum Gasteiger partial charge on any atom is -0.342 e. The van der Waals surface area contributed by atoms with Crippen molar-refractivity contribution in [3.8, 4) is 0 Å². The zero-order valence-electron chi connectivity index (χ0n) is 17.4. The van der Waals surface area contributed by atoms with Crippen LogP contribution in [0.25, 0.3) is 0 Å². The highest BCUT2D eigenvalue weighted by molar-refractivity contribution is 5.76. The smallest absolute Gasteiger partial charge is 0.255 e. The van der Waals surface area contributed by atoms with Gasteiger partial charge in [0.1, 0.15) is 12.7 Å². The van der Waals surface area contributed by atoms with Crippen LogP contribution in [-0.2, 0) is 24.4 Å². The number of fused-ring (bicyclic) bond motifs is 4. The first kappa shape index (κ1) is 19.5. The number of nitrogens with zero attached hydrogens (tertiary/aromatic N) is 6. The molecule has 2 saturated heterocycles. The quantitative estimate of drug-likeness (QED) is 0.721. The Balaban J connectivity index is 1.25. The van der Waals surface area contributed by atoms with E-state index in [0.717, 1.165) is 63.4 Å². The van der Waals surface area contributed by atoms with Gasteiger partial charge in [0, 0.05) is 56.3 Å². The van der Waals surface area contributed by atoms with Gasteiger partial charge in [0.05, 0.1) is 0 Å². The fourth-order valence-corrected chi connectivity index (χ4v) is 5.40. The Morgan fingerprint density at radius 3 is 2.80 bits per heavy atom. The molecule has 2 aromatic heterocycles. The number of likely N-dealkylation sites (tertiary alicyclic amines) is 2. The largest absolute Gasteiger partial charge is 0.342 e. The molecule has 8 heteroatoms. The van der Waals surface area contributed by atoms with Gasteiger partial charge in [0.25, 0.3) is 5.56 Å². The number of piperidine rings is 1. The van der Waals surface area contributed by atoms with Crippen LogP contribution in [0.5, 0.6) is 0 Å². The van der Waals surface area contributed by atoms with Crippen LogP contribution in [0, 0.1) is 5.92 Å². The van der Waals surface area contributed by atoms with E-state index in [9.17, 15) is 9.59 Å². The zero-order chi connectivity index (χ0) is 20.5. The van der Waals surface area contributed by atoms with Crippen LogP contribution in [0.1, 0.15) is 49.3 Å². The summed E-state index contributed by atoms with van der Waals surface area (Å²) >= 11 is 0. The summed E-state index contributed by atoms with van der Waals surface area (Å²) in [4.78, 5) is 34.3. The molecule has 0 saturated carbocycles. The van der Waals surface area contributed by atoms with Crippen LogP contribution in [0.15, 0.2) is 29.6 Å². The first-order chi connectivity index (χ1) is 14.7. The van der Waals surface area contributed by atoms with Gasteiger partial charge in [0.2, 0.25) is 5.91 Å². The van der Waals surface area contributed by atoms with Gasteiger partial charge in [-0.25, -0.2) is 4.98 Å².